The quantitative estimate of drug-likeness (QED) is 0.257. The molecule has 0 unspecified atom stereocenters. The molecule has 0 radical (unpaired) electrons. The average Bonchev–Trinajstić information content (AvgIpc) is 3.83. The minimum absolute atomic E-state index is 0.0274. The molecule has 2 aromatic carbocycles. The molecule has 48 heavy (non-hydrogen) atoms. The van der Waals surface area contributed by atoms with Crippen molar-refractivity contribution in [2.45, 2.75) is 75.9 Å². The second-order valence-electron chi connectivity index (χ2n) is 14.0. The Morgan fingerprint density at radius 2 is 1.67 bits per heavy atom. The SMILES string of the molecule is Cc1ccc(S(=O)(=O)N2CC3(n4cc(C(C)(C)N5CCN(C(=O)Cc6c(C)nn(-c7ccc(Cl)c(Cl)c7)c6C)CC5)nn4)CC2C3)cc1. The third-order valence-corrected chi connectivity index (χ3v) is 13.3. The molecule has 0 spiro atoms. The molecule has 0 atom stereocenters. The third-order valence-electron chi connectivity index (χ3n) is 10.7. The summed E-state index contributed by atoms with van der Waals surface area (Å²) in [5.41, 5.74) is 4.48. The van der Waals surface area contributed by atoms with Gasteiger partial charge in [-0.05, 0) is 77.8 Å². The highest BCUT2D eigenvalue weighted by atomic mass is 35.5. The average molecular weight is 712 g/mol. The number of rotatable bonds is 8. The zero-order valence-corrected chi connectivity index (χ0v) is 30.1. The van der Waals surface area contributed by atoms with Gasteiger partial charge in [0.1, 0.15) is 5.69 Å². The van der Waals surface area contributed by atoms with Crippen LogP contribution in [0, 0.1) is 20.8 Å². The normalized spacial score (nSPS) is 21.9. The fourth-order valence-electron chi connectivity index (χ4n) is 7.47. The van der Waals surface area contributed by atoms with Gasteiger partial charge in [0.15, 0.2) is 0 Å². The van der Waals surface area contributed by atoms with E-state index in [1.807, 2.05) is 59.4 Å². The number of hydrogen-bond donors (Lipinski definition) is 0. The Morgan fingerprint density at radius 3 is 2.33 bits per heavy atom. The van der Waals surface area contributed by atoms with Crippen LogP contribution in [-0.2, 0) is 32.3 Å². The predicted octanol–water partition coefficient (Wildman–Crippen LogP) is 4.88. The molecule has 3 aliphatic heterocycles. The molecule has 1 saturated carbocycles. The van der Waals surface area contributed by atoms with Crippen LogP contribution in [0.4, 0.5) is 0 Å². The maximum atomic E-state index is 13.5. The Labute approximate surface area is 291 Å². The lowest BCUT2D eigenvalue weighted by atomic mass is 9.78. The van der Waals surface area contributed by atoms with Crippen molar-refractivity contribution in [3.63, 3.8) is 0 Å². The fourth-order valence-corrected chi connectivity index (χ4v) is 9.47. The second-order valence-corrected chi connectivity index (χ2v) is 16.7. The summed E-state index contributed by atoms with van der Waals surface area (Å²) in [6, 6.07) is 12.4. The van der Waals surface area contributed by atoms with E-state index in [-0.39, 0.29) is 23.9 Å². The molecular weight excluding hydrogens is 671 g/mol. The summed E-state index contributed by atoms with van der Waals surface area (Å²) in [6.45, 7) is 13.1. The highest BCUT2D eigenvalue weighted by Crippen LogP contribution is 2.52. The Balaban J connectivity index is 0.985. The fraction of sp³-hybridized carbons (Fsp3) is 0.471. The molecule has 4 fully saturated rings. The molecule has 2 aromatic heterocycles. The molecule has 8 rings (SSSR count). The summed E-state index contributed by atoms with van der Waals surface area (Å²) in [5, 5.41) is 14.8. The van der Waals surface area contributed by atoms with Crippen molar-refractivity contribution in [3.05, 3.63) is 86.9 Å². The van der Waals surface area contributed by atoms with Crippen molar-refractivity contribution in [3.8, 4) is 5.69 Å². The molecule has 3 saturated heterocycles. The first-order valence-corrected chi connectivity index (χ1v) is 18.4. The van der Waals surface area contributed by atoms with Crippen LogP contribution in [0.2, 0.25) is 10.0 Å². The maximum Gasteiger partial charge on any atom is 0.243 e. The lowest BCUT2D eigenvalue weighted by Gasteiger charge is -2.43. The predicted molar refractivity (Wildman–Crippen MR) is 184 cm³/mol. The number of halogens is 2. The second kappa shape index (κ2) is 11.9. The van der Waals surface area contributed by atoms with E-state index < -0.39 is 15.6 Å². The molecule has 14 heteroatoms. The molecule has 4 aromatic rings. The van der Waals surface area contributed by atoms with E-state index in [1.54, 1.807) is 28.6 Å². The highest BCUT2D eigenvalue weighted by Gasteiger charge is 2.61. The third kappa shape index (κ3) is 5.55. The van der Waals surface area contributed by atoms with E-state index in [0.29, 0.717) is 47.7 Å². The molecule has 5 heterocycles. The number of sulfonamides is 1. The standard InChI is InChI=1S/C34H40Cl2N8O3S/c1-22-6-9-27(10-7-22)48(46,47)42-21-34(18-26(42)19-34)43-20-31(37-39-43)33(4,5)41-14-12-40(13-15-41)32(45)17-28-23(2)38-44(24(28)3)25-8-11-29(35)30(36)16-25/h6-11,16,20,26H,12-15,17-19,21H2,1-5H3. The van der Waals surface area contributed by atoms with Crippen molar-refractivity contribution in [2.75, 3.05) is 32.7 Å². The van der Waals surface area contributed by atoms with Gasteiger partial charge in [-0.25, -0.2) is 17.8 Å². The number of carbonyl (C=O) groups is 1. The number of carbonyl (C=O) groups excluding carboxylic acids is 1. The van der Waals surface area contributed by atoms with Crippen molar-refractivity contribution in [1.82, 2.24) is 38.9 Å². The molecule has 254 valence electrons. The van der Waals surface area contributed by atoms with Crippen molar-refractivity contribution >= 4 is 39.1 Å². The zero-order valence-electron chi connectivity index (χ0n) is 27.8. The number of hydrogen-bond acceptors (Lipinski definition) is 7. The van der Waals surface area contributed by atoms with Gasteiger partial charge < -0.3 is 4.90 Å². The van der Waals surface area contributed by atoms with Gasteiger partial charge in [-0.2, -0.15) is 9.40 Å². The number of nitrogens with zero attached hydrogens (tertiary/aromatic N) is 8. The van der Waals surface area contributed by atoms with Gasteiger partial charge in [0.25, 0.3) is 0 Å². The van der Waals surface area contributed by atoms with E-state index in [2.05, 4.69) is 34.2 Å². The van der Waals surface area contributed by atoms with E-state index in [4.69, 9.17) is 23.2 Å². The summed E-state index contributed by atoms with van der Waals surface area (Å²) in [7, 11) is -3.58. The van der Waals surface area contributed by atoms with Crippen LogP contribution in [0.3, 0.4) is 0 Å². The Kier molecular flexibility index (Phi) is 8.26. The molecule has 1 aliphatic carbocycles. The van der Waals surface area contributed by atoms with Gasteiger partial charge >= 0.3 is 0 Å². The molecule has 11 nitrogen and oxygen atoms in total. The lowest BCUT2D eigenvalue weighted by molar-refractivity contribution is -0.133. The van der Waals surface area contributed by atoms with E-state index in [0.717, 1.165) is 46.7 Å². The van der Waals surface area contributed by atoms with Crippen molar-refractivity contribution < 1.29 is 13.2 Å². The minimum atomic E-state index is -3.58. The smallest absolute Gasteiger partial charge is 0.243 e. The lowest BCUT2D eigenvalue weighted by Crippen LogP contribution is -2.55. The zero-order chi connectivity index (χ0) is 34.2. The Bertz CT molecular complexity index is 1990. The van der Waals surface area contributed by atoms with Crippen LogP contribution in [0.15, 0.2) is 53.6 Å². The van der Waals surface area contributed by atoms with Gasteiger partial charge in [0, 0.05) is 50.0 Å². The molecule has 4 aliphatic rings. The first-order chi connectivity index (χ1) is 22.7. The van der Waals surface area contributed by atoms with Gasteiger partial charge in [-0.15, -0.1) is 5.10 Å². The van der Waals surface area contributed by atoms with Gasteiger partial charge in [-0.3, -0.25) is 9.69 Å². The molecular formula is C34H40Cl2N8O3S. The number of benzene rings is 2. The first-order valence-electron chi connectivity index (χ1n) is 16.2. The van der Waals surface area contributed by atoms with Crippen molar-refractivity contribution in [1.29, 1.82) is 0 Å². The number of piperazine rings is 1. The highest BCUT2D eigenvalue weighted by molar-refractivity contribution is 7.89. The van der Waals surface area contributed by atoms with Crippen LogP contribution >= 0.6 is 23.2 Å². The molecule has 0 N–H and O–H groups in total. The summed E-state index contributed by atoms with van der Waals surface area (Å²) in [4.78, 5) is 18.1. The number of aryl methyl sites for hydroxylation is 2. The minimum Gasteiger partial charge on any atom is -0.340 e. The van der Waals surface area contributed by atoms with Crippen LogP contribution in [0.1, 0.15) is 54.9 Å². The monoisotopic (exact) mass is 710 g/mol. The van der Waals surface area contributed by atoms with E-state index in [9.17, 15) is 13.2 Å². The van der Waals surface area contributed by atoms with Gasteiger partial charge in [0.2, 0.25) is 15.9 Å². The number of fused-ring (bicyclic) bond motifs is 1. The van der Waals surface area contributed by atoms with Crippen LogP contribution < -0.4 is 0 Å². The maximum absolute atomic E-state index is 13.5. The summed E-state index contributed by atoms with van der Waals surface area (Å²) in [6.07, 6.45) is 3.73. The van der Waals surface area contributed by atoms with E-state index >= 15 is 0 Å². The Morgan fingerprint density at radius 1 is 0.979 bits per heavy atom. The first kappa shape index (κ1) is 33.2. The van der Waals surface area contributed by atoms with Crippen molar-refractivity contribution in [2.24, 2.45) is 0 Å². The topological polar surface area (TPSA) is 109 Å². The van der Waals surface area contributed by atoms with Crippen LogP contribution in [0.25, 0.3) is 5.69 Å². The van der Waals surface area contributed by atoms with Gasteiger partial charge in [-0.1, -0.05) is 46.1 Å². The molecule has 1 amide bonds. The van der Waals surface area contributed by atoms with E-state index in [1.165, 1.54) is 0 Å². The van der Waals surface area contributed by atoms with Gasteiger partial charge in [0.05, 0.1) is 50.0 Å². The number of amides is 1. The largest absolute Gasteiger partial charge is 0.340 e. The van der Waals surface area contributed by atoms with Crippen LogP contribution in [-0.4, -0.2) is 92.0 Å². The number of aromatic nitrogens is 5. The summed E-state index contributed by atoms with van der Waals surface area (Å²) in [5.74, 6) is 0.0725. The van der Waals surface area contributed by atoms with Crippen LogP contribution in [0.5, 0.6) is 0 Å². The summed E-state index contributed by atoms with van der Waals surface area (Å²) < 4.78 is 32.3. The summed E-state index contributed by atoms with van der Waals surface area (Å²) >= 11 is 12.3. The molecule has 2 bridgehead atoms. The Hall–Kier alpha value is -3.29.